The Morgan fingerprint density at radius 3 is 2.33 bits per heavy atom. The first-order valence-electron chi connectivity index (χ1n) is 5.04. The third-order valence-electron chi connectivity index (χ3n) is 2.45. The van der Waals surface area contributed by atoms with Gasteiger partial charge in [-0.05, 0) is 17.7 Å². The predicted molar refractivity (Wildman–Crippen MR) is 67.6 cm³/mol. The molecule has 92 valence electrons. The highest BCUT2D eigenvalue weighted by Gasteiger charge is 2.17. The van der Waals surface area contributed by atoms with Gasteiger partial charge in [0.15, 0.2) is 11.1 Å². The van der Waals surface area contributed by atoms with E-state index in [1.54, 1.807) is 24.3 Å². The largest absolute Gasteiger partial charge is 0.302 e. The Morgan fingerprint density at radius 1 is 1.11 bits per heavy atom. The van der Waals surface area contributed by atoms with Crippen molar-refractivity contribution in [3.05, 3.63) is 58.6 Å². The highest BCUT2D eigenvalue weighted by atomic mass is 32.2. The van der Waals surface area contributed by atoms with Crippen LogP contribution in [-0.2, 0) is 11.1 Å². The second-order valence-electron chi connectivity index (χ2n) is 3.55. The summed E-state index contributed by atoms with van der Waals surface area (Å²) in [5.41, 5.74) is 0.940. The van der Waals surface area contributed by atoms with Crippen molar-refractivity contribution in [1.82, 2.24) is 0 Å². The van der Waals surface area contributed by atoms with Crippen molar-refractivity contribution < 1.29 is 13.7 Å². The van der Waals surface area contributed by atoms with Crippen molar-refractivity contribution in [2.45, 2.75) is 4.90 Å². The molecule has 0 aromatic heterocycles. The highest BCUT2D eigenvalue weighted by Crippen LogP contribution is 2.31. The van der Waals surface area contributed by atoms with E-state index in [-0.39, 0.29) is 10.6 Å². The first-order valence-corrected chi connectivity index (χ1v) is 6.15. The zero-order valence-electron chi connectivity index (χ0n) is 9.15. The minimum Gasteiger partial charge on any atom is -0.302 e. The number of rotatable bonds is 3. The third-order valence-corrected chi connectivity index (χ3v) is 3.11. The Hall–Kier alpha value is -2.05. The molecule has 0 aliphatic heterocycles. The summed E-state index contributed by atoms with van der Waals surface area (Å²) in [6, 6.07) is 12.9. The first kappa shape index (κ1) is 12.4. The maximum Gasteiger partial charge on any atom is 0.278 e. The summed E-state index contributed by atoms with van der Waals surface area (Å²) < 4.78 is 19.9. The highest BCUT2D eigenvalue weighted by molar-refractivity contribution is 7.79. The minimum absolute atomic E-state index is 0.0152. The molecule has 2 aromatic rings. The molecule has 6 heteroatoms. The van der Waals surface area contributed by atoms with Crippen LogP contribution in [0.3, 0.4) is 0 Å². The minimum atomic E-state index is -2.22. The lowest BCUT2D eigenvalue weighted by atomic mass is 10.0. The van der Waals surface area contributed by atoms with Gasteiger partial charge in [-0.15, -0.1) is 0 Å². The molecule has 0 amide bonds. The summed E-state index contributed by atoms with van der Waals surface area (Å²) in [5.74, 6) is 0. The molecule has 0 spiro atoms. The van der Waals surface area contributed by atoms with Gasteiger partial charge >= 0.3 is 0 Å². The van der Waals surface area contributed by atoms with Gasteiger partial charge in [0.2, 0.25) is 0 Å². The summed E-state index contributed by atoms with van der Waals surface area (Å²) in [4.78, 5) is 10.5. The fourth-order valence-corrected chi connectivity index (χ4v) is 2.03. The van der Waals surface area contributed by atoms with Crippen molar-refractivity contribution in [2.75, 3.05) is 0 Å². The lowest BCUT2D eigenvalue weighted by molar-refractivity contribution is -0.384. The van der Waals surface area contributed by atoms with Crippen molar-refractivity contribution in [3.8, 4) is 11.1 Å². The van der Waals surface area contributed by atoms with Crippen LogP contribution in [0, 0.1) is 10.1 Å². The molecule has 1 N–H and O–H groups in total. The maximum atomic E-state index is 11.0. The quantitative estimate of drug-likeness (QED) is 0.524. The number of nitro groups is 1. The van der Waals surface area contributed by atoms with E-state index in [0.717, 1.165) is 6.07 Å². The topological polar surface area (TPSA) is 80.4 Å². The van der Waals surface area contributed by atoms with Gasteiger partial charge in [-0.25, -0.2) is 4.21 Å². The van der Waals surface area contributed by atoms with Crippen molar-refractivity contribution in [1.29, 1.82) is 0 Å². The number of nitrogens with zero attached hydrogens (tertiary/aromatic N) is 1. The Labute approximate surface area is 106 Å². The zero-order valence-corrected chi connectivity index (χ0v) is 9.96. The summed E-state index contributed by atoms with van der Waals surface area (Å²) in [6.45, 7) is 0. The lowest BCUT2D eigenvalue weighted by Gasteiger charge is -2.04. The van der Waals surface area contributed by atoms with E-state index >= 15 is 0 Å². The van der Waals surface area contributed by atoms with Crippen LogP contribution < -0.4 is 0 Å². The molecule has 18 heavy (non-hydrogen) atoms. The lowest BCUT2D eigenvalue weighted by Crippen LogP contribution is -1.95. The Bertz CT molecular complexity index is 613. The molecule has 2 aromatic carbocycles. The first-order chi connectivity index (χ1) is 8.59. The monoisotopic (exact) mass is 263 g/mol. The van der Waals surface area contributed by atoms with Gasteiger partial charge in [0.1, 0.15) is 0 Å². The van der Waals surface area contributed by atoms with Crippen LogP contribution in [0.2, 0.25) is 0 Å². The van der Waals surface area contributed by atoms with Crippen molar-refractivity contribution in [3.63, 3.8) is 0 Å². The molecule has 0 bridgehead atoms. The van der Waals surface area contributed by atoms with Crippen molar-refractivity contribution in [2.24, 2.45) is 0 Å². The van der Waals surface area contributed by atoms with E-state index in [1.807, 2.05) is 6.07 Å². The molecule has 1 atom stereocenters. The van der Waals surface area contributed by atoms with Gasteiger partial charge in [0.05, 0.1) is 15.4 Å². The SMILES string of the molecule is O=[N+]([O-])c1cc(S(=O)O)ccc1-c1ccccc1. The molecular formula is C12H9NO4S. The smallest absolute Gasteiger partial charge is 0.278 e. The molecule has 0 fully saturated rings. The molecule has 0 radical (unpaired) electrons. The van der Waals surface area contributed by atoms with Crippen molar-refractivity contribution >= 4 is 16.8 Å². The molecular weight excluding hydrogens is 254 g/mol. The van der Waals surface area contributed by atoms with E-state index < -0.39 is 16.0 Å². The number of hydrogen-bond donors (Lipinski definition) is 1. The number of nitro benzene ring substituents is 1. The van der Waals surface area contributed by atoms with E-state index in [0.29, 0.717) is 11.1 Å². The van der Waals surface area contributed by atoms with Gasteiger partial charge in [0, 0.05) is 6.07 Å². The van der Waals surface area contributed by atoms with Crippen LogP contribution in [0.25, 0.3) is 11.1 Å². The van der Waals surface area contributed by atoms with Crippen LogP contribution in [0.4, 0.5) is 5.69 Å². The molecule has 0 saturated carbocycles. The fraction of sp³-hybridized carbons (Fsp3) is 0. The molecule has 2 rings (SSSR count). The average Bonchev–Trinajstić information content (AvgIpc) is 2.39. The van der Waals surface area contributed by atoms with Gasteiger partial charge in [-0.3, -0.25) is 10.1 Å². The standard InChI is InChI=1S/C12H9NO4S/c14-13(15)12-8-10(18(16)17)6-7-11(12)9-4-2-1-3-5-9/h1-8H,(H,16,17). The van der Waals surface area contributed by atoms with Crippen LogP contribution >= 0.6 is 0 Å². The predicted octanol–water partition coefficient (Wildman–Crippen LogP) is 2.84. The molecule has 1 unspecified atom stereocenters. The van der Waals surface area contributed by atoms with Gasteiger partial charge < -0.3 is 4.55 Å². The van der Waals surface area contributed by atoms with E-state index in [4.69, 9.17) is 4.55 Å². The Kier molecular flexibility index (Phi) is 3.50. The second-order valence-corrected chi connectivity index (χ2v) is 4.52. The Balaban J connectivity index is 2.61. The van der Waals surface area contributed by atoms with Gasteiger partial charge in [-0.2, -0.15) is 0 Å². The summed E-state index contributed by atoms with van der Waals surface area (Å²) in [5, 5.41) is 11.0. The molecule has 0 aliphatic rings. The fourth-order valence-electron chi connectivity index (χ4n) is 1.63. The third kappa shape index (κ3) is 2.44. The molecule has 5 nitrogen and oxygen atoms in total. The summed E-state index contributed by atoms with van der Waals surface area (Å²) >= 11 is -2.22. The molecule has 0 aliphatic carbocycles. The van der Waals surface area contributed by atoms with E-state index in [1.165, 1.54) is 12.1 Å². The Morgan fingerprint density at radius 2 is 1.78 bits per heavy atom. The maximum absolute atomic E-state index is 11.0. The van der Waals surface area contributed by atoms with Crippen LogP contribution in [0.5, 0.6) is 0 Å². The zero-order chi connectivity index (χ0) is 13.1. The number of benzene rings is 2. The van der Waals surface area contributed by atoms with E-state index in [9.17, 15) is 14.3 Å². The molecule has 0 saturated heterocycles. The normalized spacial score (nSPS) is 12.1. The number of hydrogen-bond acceptors (Lipinski definition) is 3. The van der Waals surface area contributed by atoms with Crippen LogP contribution in [0.1, 0.15) is 0 Å². The second kappa shape index (κ2) is 5.07. The van der Waals surface area contributed by atoms with Gasteiger partial charge in [-0.1, -0.05) is 30.3 Å². The van der Waals surface area contributed by atoms with Crippen LogP contribution in [-0.4, -0.2) is 13.7 Å². The molecule has 0 heterocycles. The van der Waals surface area contributed by atoms with Crippen LogP contribution in [0.15, 0.2) is 53.4 Å². The summed E-state index contributed by atoms with van der Waals surface area (Å²) in [6.07, 6.45) is 0. The average molecular weight is 263 g/mol. The van der Waals surface area contributed by atoms with Gasteiger partial charge in [0.25, 0.3) is 5.69 Å². The summed E-state index contributed by atoms with van der Waals surface area (Å²) in [7, 11) is 0. The van der Waals surface area contributed by atoms with E-state index in [2.05, 4.69) is 0 Å².